The third kappa shape index (κ3) is 1.30. The molecule has 12 heavy (non-hydrogen) atoms. The molecule has 1 aromatic carbocycles. The summed E-state index contributed by atoms with van der Waals surface area (Å²) in [5, 5.41) is 1.30. The Balaban J connectivity index is 2.89. The number of thiophene rings is 1. The van der Waals surface area contributed by atoms with Gasteiger partial charge in [-0.3, -0.25) is 0 Å². The van der Waals surface area contributed by atoms with E-state index in [9.17, 15) is 0 Å². The highest BCUT2D eigenvalue weighted by atomic mass is 79.9. The van der Waals surface area contributed by atoms with E-state index in [2.05, 4.69) is 47.6 Å². The first-order valence-corrected chi connectivity index (χ1v) is 5.62. The number of hydrogen-bond acceptors (Lipinski definition) is 2. The lowest BCUT2D eigenvalue weighted by Gasteiger charge is -1.98. The highest BCUT2D eigenvalue weighted by molar-refractivity contribution is 9.11. The highest BCUT2D eigenvalue weighted by Crippen LogP contribution is 2.33. The maximum absolute atomic E-state index is 4.37. The molecule has 0 nitrogen and oxygen atoms in total. The van der Waals surface area contributed by atoms with E-state index in [-0.39, 0.29) is 0 Å². The van der Waals surface area contributed by atoms with E-state index in [0.29, 0.717) is 0 Å². The molecule has 2 rings (SSSR count). The average Bonchev–Trinajstić information content (AvgIpc) is 2.39. The fraction of sp³-hybridized carbons (Fsp3) is 0.111. The van der Waals surface area contributed by atoms with Crippen LogP contribution < -0.4 is 0 Å². The molecule has 0 saturated carbocycles. The molecule has 1 aromatic heterocycles. The van der Waals surface area contributed by atoms with Crippen molar-refractivity contribution in [1.82, 2.24) is 0 Å². The van der Waals surface area contributed by atoms with Gasteiger partial charge in [0, 0.05) is 9.60 Å². The van der Waals surface area contributed by atoms with Gasteiger partial charge in [0.15, 0.2) is 0 Å². The number of hydrogen-bond donors (Lipinski definition) is 1. The first-order chi connectivity index (χ1) is 5.68. The zero-order valence-electron chi connectivity index (χ0n) is 6.47. The maximum Gasteiger partial charge on any atom is 0.0711 e. The van der Waals surface area contributed by atoms with Crippen molar-refractivity contribution in [3.05, 3.63) is 27.5 Å². The molecule has 3 heteroatoms. The van der Waals surface area contributed by atoms with Crippen LogP contribution in [0.25, 0.3) is 10.1 Å². The topological polar surface area (TPSA) is 0 Å². The Morgan fingerprint density at radius 1 is 1.42 bits per heavy atom. The molecule has 0 N–H and O–H groups in total. The minimum Gasteiger partial charge on any atom is -0.143 e. The molecule has 0 radical (unpaired) electrons. The van der Waals surface area contributed by atoms with E-state index in [1.54, 1.807) is 11.3 Å². The summed E-state index contributed by atoms with van der Waals surface area (Å²) in [4.78, 5) is 1.06. The summed E-state index contributed by atoms with van der Waals surface area (Å²) in [6.45, 7) is 2.10. The molecule has 0 unspecified atom stereocenters. The zero-order valence-corrected chi connectivity index (χ0v) is 9.76. The molecule has 0 aliphatic heterocycles. The summed E-state index contributed by atoms with van der Waals surface area (Å²) >= 11 is 9.61. The van der Waals surface area contributed by atoms with Gasteiger partial charge < -0.3 is 0 Å². The summed E-state index contributed by atoms with van der Waals surface area (Å²) in [6.07, 6.45) is 0. The first kappa shape index (κ1) is 8.60. The van der Waals surface area contributed by atoms with Crippen LogP contribution in [0.5, 0.6) is 0 Å². The van der Waals surface area contributed by atoms with E-state index in [0.717, 1.165) is 4.90 Å². The van der Waals surface area contributed by atoms with Crippen LogP contribution in [0.3, 0.4) is 0 Å². The largest absolute Gasteiger partial charge is 0.143 e. The van der Waals surface area contributed by atoms with E-state index in [1.807, 2.05) is 6.07 Å². The normalized spacial score (nSPS) is 10.9. The molecular weight excluding hydrogens is 252 g/mol. The third-order valence-electron chi connectivity index (χ3n) is 1.91. The maximum atomic E-state index is 4.37. The Hall–Kier alpha value is 0.01000. The zero-order chi connectivity index (χ0) is 8.72. The van der Waals surface area contributed by atoms with Gasteiger partial charge in [-0.05, 0) is 52.0 Å². The fourth-order valence-electron chi connectivity index (χ4n) is 1.21. The average molecular weight is 259 g/mol. The fourth-order valence-corrected chi connectivity index (χ4v) is 3.00. The number of rotatable bonds is 0. The smallest absolute Gasteiger partial charge is 0.0711 e. The van der Waals surface area contributed by atoms with Crippen LogP contribution in [-0.2, 0) is 0 Å². The Bertz CT molecular complexity index is 431. The minimum absolute atomic E-state index is 1.06. The van der Waals surface area contributed by atoms with E-state index >= 15 is 0 Å². The van der Waals surface area contributed by atoms with Crippen molar-refractivity contribution in [1.29, 1.82) is 0 Å². The first-order valence-electron chi connectivity index (χ1n) is 3.56. The second kappa shape index (κ2) is 3.05. The summed E-state index contributed by atoms with van der Waals surface area (Å²) in [5.41, 5.74) is 1.26. The van der Waals surface area contributed by atoms with Gasteiger partial charge in [-0.25, -0.2) is 0 Å². The van der Waals surface area contributed by atoms with Crippen LogP contribution in [0.15, 0.2) is 26.9 Å². The van der Waals surface area contributed by atoms with Crippen LogP contribution in [-0.4, -0.2) is 0 Å². The monoisotopic (exact) mass is 258 g/mol. The molecule has 0 atom stereocenters. The predicted octanol–water partition coefficient (Wildman–Crippen LogP) is 4.26. The SMILES string of the molecule is Cc1c(S)ccc2sc(Br)cc12. The second-order valence-electron chi connectivity index (χ2n) is 2.67. The summed E-state index contributed by atoms with van der Waals surface area (Å²) in [7, 11) is 0. The lowest BCUT2D eigenvalue weighted by Crippen LogP contribution is -1.74. The minimum atomic E-state index is 1.06. The molecule has 0 spiro atoms. The van der Waals surface area contributed by atoms with Gasteiger partial charge in [0.2, 0.25) is 0 Å². The van der Waals surface area contributed by atoms with Gasteiger partial charge in [0.25, 0.3) is 0 Å². The van der Waals surface area contributed by atoms with Gasteiger partial charge in [-0.2, -0.15) is 0 Å². The van der Waals surface area contributed by atoms with Crippen molar-refractivity contribution in [2.24, 2.45) is 0 Å². The third-order valence-corrected chi connectivity index (χ3v) is 4.00. The Morgan fingerprint density at radius 2 is 2.17 bits per heavy atom. The highest BCUT2D eigenvalue weighted by Gasteiger charge is 2.03. The van der Waals surface area contributed by atoms with Crippen molar-refractivity contribution in [3.8, 4) is 0 Å². The molecular formula is C9H7BrS2. The van der Waals surface area contributed by atoms with Crippen LogP contribution in [0, 0.1) is 6.92 Å². The summed E-state index contributed by atoms with van der Waals surface area (Å²) in [6, 6.07) is 6.30. The van der Waals surface area contributed by atoms with Crippen LogP contribution >= 0.6 is 39.9 Å². The Kier molecular flexibility index (Phi) is 2.19. The molecule has 62 valence electrons. The van der Waals surface area contributed by atoms with Gasteiger partial charge in [-0.1, -0.05) is 0 Å². The number of halogens is 1. The van der Waals surface area contributed by atoms with E-state index in [1.165, 1.54) is 19.4 Å². The van der Waals surface area contributed by atoms with Gasteiger partial charge in [0.1, 0.15) is 0 Å². The number of thiol groups is 1. The molecule has 0 saturated heterocycles. The quantitative estimate of drug-likeness (QED) is 0.671. The molecule has 0 fully saturated rings. The van der Waals surface area contributed by atoms with Gasteiger partial charge in [0.05, 0.1) is 3.79 Å². The summed E-state index contributed by atoms with van der Waals surface area (Å²) < 4.78 is 2.50. The number of fused-ring (bicyclic) bond motifs is 1. The van der Waals surface area contributed by atoms with Crippen molar-refractivity contribution in [2.45, 2.75) is 11.8 Å². The molecule has 0 amide bonds. The predicted molar refractivity (Wildman–Crippen MR) is 61.5 cm³/mol. The van der Waals surface area contributed by atoms with Crippen molar-refractivity contribution < 1.29 is 0 Å². The van der Waals surface area contributed by atoms with Crippen molar-refractivity contribution >= 4 is 50.0 Å². The molecule has 0 aliphatic carbocycles. The number of benzene rings is 1. The van der Waals surface area contributed by atoms with E-state index < -0.39 is 0 Å². The second-order valence-corrected chi connectivity index (χ2v) is 5.62. The molecule has 0 bridgehead atoms. The van der Waals surface area contributed by atoms with Crippen LogP contribution in [0.4, 0.5) is 0 Å². The Morgan fingerprint density at radius 3 is 2.92 bits per heavy atom. The standard InChI is InChI=1S/C9H7BrS2/c1-5-6-4-9(10)12-8(6)3-2-7(5)11/h2-4,11H,1H3. The molecule has 0 aliphatic rings. The van der Waals surface area contributed by atoms with E-state index in [4.69, 9.17) is 0 Å². The molecule has 1 heterocycles. The lowest BCUT2D eigenvalue weighted by molar-refractivity contribution is 1.36. The van der Waals surface area contributed by atoms with Crippen molar-refractivity contribution in [3.63, 3.8) is 0 Å². The van der Waals surface area contributed by atoms with Gasteiger partial charge >= 0.3 is 0 Å². The number of aryl methyl sites for hydroxylation is 1. The van der Waals surface area contributed by atoms with Crippen LogP contribution in [0.2, 0.25) is 0 Å². The molecule has 2 aromatic rings. The Labute approximate surface area is 89.1 Å². The van der Waals surface area contributed by atoms with Crippen LogP contribution in [0.1, 0.15) is 5.56 Å². The lowest BCUT2D eigenvalue weighted by atomic mass is 10.1. The summed E-state index contributed by atoms with van der Waals surface area (Å²) in [5.74, 6) is 0. The van der Waals surface area contributed by atoms with Gasteiger partial charge in [-0.15, -0.1) is 24.0 Å². The van der Waals surface area contributed by atoms with Crippen molar-refractivity contribution in [2.75, 3.05) is 0 Å².